The Kier molecular flexibility index (Phi) is 7.23. The maximum atomic E-state index is 12.6. The SMILES string of the molecule is COc1ccc(/C=C(\C#N)C(=O)Nc2ccccc2C(=O)O)cc1OCc1ccccc1. The summed E-state index contributed by atoms with van der Waals surface area (Å²) in [6.45, 7) is 0.321. The van der Waals surface area contributed by atoms with Gasteiger partial charge in [0.15, 0.2) is 11.5 Å². The zero-order valence-corrected chi connectivity index (χ0v) is 17.2. The zero-order chi connectivity index (χ0) is 22.9. The smallest absolute Gasteiger partial charge is 0.337 e. The lowest BCUT2D eigenvalue weighted by molar-refractivity contribution is -0.112. The van der Waals surface area contributed by atoms with Crippen LogP contribution in [0.5, 0.6) is 11.5 Å². The van der Waals surface area contributed by atoms with Crippen molar-refractivity contribution in [2.45, 2.75) is 6.61 Å². The van der Waals surface area contributed by atoms with Crippen molar-refractivity contribution in [3.63, 3.8) is 0 Å². The monoisotopic (exact) mass is 428 g/mol. The first kappa shape index (κ1) is 22.1. The fraction of sp³-hybridized carbons (Fsp3) is 0.0800. The lowest BCUT2D eigenvalue weighted by Crippen LogP contribution is -2.16. The number of carbonyl (C=O) groups is 2. The maximum absolute atomic E-state index is 12.6. The molecule has 0 saturated heterocycles. The molecule has 0 aromatic heterocycles. The van der Waals surface area contributed by atoms with E-state index in [4.69, 9.17) is 9.47 Å². The lowest BCUT2D eigenvalue weighted by Gasteiger charge is -2.12. The molecule has 0 radical (unpaired) electrons. The van der Waals surface area contributed by atoms with Crippen LogP contribution in [0.3, 0.4) is 0 Å². The highest BCUT2D eigenvalue weighted by molar-refractivity contribution is 6.11. The van der Waals surface area contributed by atoms with Crippen molar-refractivity contribution < 1.29 is 24.2 Å². The number of methoxy groups -OCH3 is 1. The van der Waals surface area contributed by atoms with Gasteiger partial charge in [0.05, 0.1) is 18.4 Å². The number of ether oxygens (including phenoxy) is 2. The first-order valence-electron chi connectivity index (χ1n) is 9.62. The molecule has 0 unspecified atom stereocenters. The summed E-state index contributed by atoms with van der Waals surface area (Å²) in [7, 11) is 1.52. The molecule has 3 rings (SSSR count). The molecule has 3 aromatic carbocycles. The van der Waals surface area contributed by atoms with E-state index in [2.05, 4.69) is 5.32 Å². The average Bonchev–Trinajstić information content (AvgIpc) is 2.82. The van der Waals surface area contributed by atoms with E-state index in [0.29, 0.717) is 23.7 Å². The Balaban J connectivity index is 1.83. The maximum Gasteiger partial charge on any atom is 0.337 e. The van der Waals surface area contributed by atoms with Crippen LogP contribution in [-0.2, 0) is 11.4 Å². The molecule has 0 atom stereocenters. The number of para-hydroxylation sites is 1. The number of carboxylic acid groups (broad SMARTS) is 1. The van der Waals surface area contributed by atoms with E-state index in [-0.39, 0.29) is 16.8 Å². The first-order chi connectivity index (χ1) is 15.5. The normalized spacial score (nSPS) is 10.7. The first-order valence-corrected chi connectivity index (χ1v) is 9.62. The molecule has 0 aliphatic heterocycles. The highest BCUT2D eigenvalue weighted by Crippen LogP contribution is 2.30. The molecule has 0 bridgehead atoms. The molecule has 1 amide bonds. The Morgan fingerprint density at radius 1 is 1.03 bits per heavy atom. The minimum Gasteiger partial charge on any atom is -0.493 e. The third kappa shape index (κ3) is 5.52. The highest BCUT2D eigenvalue weighted by atomic mass is 16.5. The van der Waals surface area contributed by atoms with Crippen molar-refractivity contribution in [2.75, 3.05) is 12.4 Å². The molecule has 7 nitrogen and oxygen atoms in total. The van der Waals surface area contributed by atoms with Gasteiger partial charge in [0.25, 0.3) is 5.91 Å². The standard InChI is InChI=1S/C25H20N2O5/c1-31-22-12-11-18(14-23(22)32-16-17-7-3-2-4-8-17)13-19(15-26)24(28)27-21-10-6-5-9-20(21)25(29)30/h2-14H,16H2,1H3,(H,27,28)(H,29,30)/b19-13+. The average molecular weight is 428 g/mol. The second-order valence-corrected chi connectivity index (χ2v) is 6.66. The summed E-state index contributed by atoms with van der Waals surface area (Å²) >= 11 is 0. The van der Waals surface area contributed by atoms with Crippen LogP contribution < -0.4 is 14.8 Å². The number of amides is 1. The summed E-state index contributed by atoms with van der Waals surface area (Å²) in [5.41, 5.74) is 1.37. The van der Waals surface area contributed by atoms with Crippen LogP contribution in [0.2, 0.25) is 0 Å². The number of carbonyl (C=O) groups excluding carboxylic acids is 1. The highest BCUT2D eigenvalue weighted by Gasteiger charge is 2.15. The third-order valence-electron chi connectivity index (χ3n) is 4.51. The molecule has 32 heavy (non-hydrogen) atoms. The summed E-state index contributed by atoms with van der Waals surface area (Å²) in [6, 6.07) is 22.5. The van der Waals surface area contributed by atoms with Crippen molar-refractivity contribution in [1.29, 1.82) is 5.26 Å². The van der Waals surface area contributed by atoms with Crippen molar-refractivity contribution in [1.82, 2.24) is 0 Å². The van der Waals surface area contributed by atoms with Crippen LogP contribution in [0, 0.1) is 11.3 Å². The van der Waals surface area contributed by atoms with Gasteiger partial charge < -0.3 is 19.9 Å². The Morgan fingerprint density at radius 3 is 2.44 bits per heavy atom. The van der Waals surface area contributed by atoms with Crippen molar-refractivity contribution in [3.05, 3.63) is 95.1 Å². The van der Waals surface area contributed by atoms with Crippen LogP contribution in [0.25, 0.3) is 6.08 Å². The lowest BCUT2D eigenvalue weighted by atomic mass is 10.1. The summed E-state index contributed by atoms with van der Waals surface area (Å²) in [6.07, 6.45) is 1.40. The Bertz CT molecular complexity index is 1200. The minimum absolute atomic E-state index is 0.0702. The van der Waals surface area contributed by atoms with Crippen molar-refractivity contribution >= 4 is 23.6 Å². The molecule has 7 heteroatoms. The summed E-state index contributed by atoms with van der Waals surface area (Å²) in [5, 5.41) is 21.2. The van der Waals surface area contributed by atoms with Crippen LogP contribution in [-0.4, -0.2) is 24.1 Å². The Labute approximate surface area is 185 Å². The van der Waals surface area contributed by atoms with Crippen LogP contribution >= 0.6 is 0 Å². The largest absolute Gasteiger partial charge is 0.493 e. The fourth-order valence-electron chi connectivity index (χ4n) is 2.91. The van der Waals surface area contributed by atoms with Gasteiger partial charge >= 0.3 is 5.97 Å². The van der Waals surface area contributed by atoms with Crippen LogP contribution in [0.4, 0.5) is 5.69 Å². The fourth-order valence-corrected chi connectivity index (χ4v) is 2.91. The van der Waals surface area contributed by atoms with Crippen LogP contribution in [0.15, 0.2) is 78.4 Å². The molecule has 3 aromatic rings. The van der Waals surface area contributed by atoms with Gasteiger partial charge in [-0.3, -0.25) is 4.79 Å². The van der Waals surface area contributed by atoms with E-state index >= 15 is 0 Å². The van der Waals surface area contributed by atoms with Gasteiger partial charge in [-0.1, -0.05) is 48.5 Å². The van der Waals surface area contributed by atoms with Crippen molar-refractivity contribution in [3.8, 4) is 17.6 Å². The number of benzene rings is 3. The quantitative estimate of drug-likeness (QED) is 0.403. The minimum atomic E-state index is -1.18. The van der Waals surface area contributed by atoms with Gasteiger partial charge in [-0.25, -0.2) is 4.79 Å². The zero-order valence-electron chi connectivity index (χ0n) is 17.2. The van der Waals surface area contributed by atoms with E-state index in [1.165, 1.54) is 25.3 Å². The van der Waals surface area contributed by atoms with E-state index < -0.39 is 11.9 Å². The van der Waals surface area contributed by atoms with Gasteiger partial charge in [0.2, 0.25) is 0 Å². The van der Waals surface area contributed by atoms with Gasteiger partial charge in [-0.05, 0) is 41.5 Å². The van der Waals surface area contributed by atoms with E-state index in [0.717, 1.165) is 5.56 Å². The van der Waals surface area contributed by atoms with Gasteiger partial charge in [-0.15, -0.1) is 0 Å². The topological polar surface area (TPSA) is 109 Å². The number of rotatable bonds is 8. The molecule has 0 spiro atoms. The molecule has 0 fully saturated rings. The van der Waals surface area contributed by atoms with Gasteiger partial charge in [0, 0.05) is 0 Å². The molecule has 0 saturated carbocycles. The number of nitrogens with one attached hydrogen (secondary N) is 1. The van der Waals surface area contributed by atoms with E-state index in [9.17, 15) is 20.0 Å². The molecule has 0 aliphatic carbocycles. The summed E-state index contributed by atoms with van der Waals surface area (Å²) in [4.78, 5) is 23.9. The molecule has 160 valence electrons. The predicted octanol–water partition coefficient (Wildman–Crippen LogP) is 4.52. The van der Waals surface area contributed by atoms with Gasteiger partial charge in [-0.2, -0.15) is 5.26 Å². The molecule has 0 heterocycles. The molecular formula is C25H20N2O5. The number of hydrogen-bond donors (Lipinski definition) is 2. The van der Waals surface area contributed by atoms with E-state index in [1.54, 1.807) is 30.3 Å². The summed E-state index contributed by atoms with van der Waals surface area (Å²) < 4.78 is 11.2. The van der Waals surface area contributed by atoms with Crippen molar-refractivity contribution in [2.24, 2.45) is 0 Å². The Hall–Kier alpha value is -4.57. The summed E-state index contributed by atoms with van der Waals surface area (Å²) in [5.74, 6) is -0.932. The number of hydrogen-bond acceptors (Lipinski definition) is 5. The van der Waals surface area contributed by atoms with E-state index in [1.807, 2.05) is 36.4 Å². The molecular weight excluding hydrogens is 408 g/mol. The van der Waals surface area contributed by atoms with Gasteiger partial charge in [0.1, 0.15) is 18.2 Å². The van der Waals surface area contributed by atoms with Crippen LogP contribution in [0.1, 0.15) is 21.5 Å². The number of aromatic carboxylic acids is 1. The molecule has 0 aliphatic rings. The number of nitriles is 1. The Morgan fingerprint density at radius 2 is 1.75 bits per heavy atom. The predicted molar refractivity (Wildman–Crippen MR) is 119 cm³/mol. The number of nitrogens with zero attached hydrogens (tertiary/aromatic N) is 1. The second kappa shape index (κ2) is 10.5. The number of anilines is 1. The second-order valence-electron chi connectivity index (χ2n) is 6.66. The molecule has 2 N–H and O–H groups in total. The number of carboxylic acids is 1. The third-order valence-corrected chi connectivity index (χ3v) is 4.51.